The molecule has 0 bridgehead atoms. The van der Waals surface area contributed by atoms with Crippen molar-refractivity contribution in [3.05, 3.63) is 23.8 Å². The van der Waals surface area contributed by atoms with Crippen LogP contribution in [0.15, 0.2) is 12.4 Å². The molecule has 0 radical (unpaired) electrons. The standard InChI is InChI=1S/C10H15N3O/c1-4-7(2)8-5-12-6-9(13-8)10(14)11-3/h5-7H,4H2,1-3H3,(H,11,14). The molecule has 0 aliphatic carbocycles. The third-order valence-corrected chi connectivity index (χ3v) is 2.23. The number of carbonyl (C=O) groups is 1. The van der Waals surface area contributed by atoms with Crippen LogP contribution in [-0.4, -0.2) is 22.9 Å². The van der Waals surface area contributed by atoms with E-state index in [9.17, 15) is 4.79 Å². The van der Waals surface area contributed by atoms with E-state index in [1.54, 1.807) is 13.2 Å². The van der Waals surface area contributed by atoms with Gasteiger partial charge in [0, 0.05) is 13.2 Å². The van der Waals surface area contributed by atoms with Crippen LogP contribution in [-0.2, 0) is 0 Å². The van der Waals surface area contributed by atoms with Crippen LogP contribution >= 0.6 is 0 Å². The summed E-state index contributed by atoms with van der Waals surface area (Å²) in [5.41, 5.74) is 1.25. The molecule has 0 spiro atoms. The summed E-state index contributed by atoms with van der Waals surface area (Å²) in [6.07, 6.45) is 4.18. The van der Waals surface area contributed by atoms with E-state index in [1.165, 1.54) is 6.20 Å². The molecule has 76 valence electrons. The molecule has 0 fully saturated rings. The SMILES string of the molecule is CCC(C)c1cncc(C(=O)NC)n1. The van der Waals surface area contributed by atoms with E-state index in [2.05, 4.69) is 29.1 Å². The average Bonchev–Trinajstić information content (AvgIpc) is 2.27. The molecule has 1 N–H and O–H groups in total. The molecule has 1 heterocycles. The van der Waals surface area contributed by atoms with E-state index < -0.39 is 0 Å². The van der Waals surface area contributed by atoms with Crippen LogP contribution in [0.5, 0.6) is 0 Å². The number of rotatable bonds is 3. The minimum Gasteiger partial charge on any atom is -0.354 e. The lowest BCUT2D eigenvalue weighted by Gasteiger charge is -2.07. The van der Waals surface area contributed by atoms with Crippen molar-refractivity contribution in [3.8, 4) is 0 Å². The topological polar surface area (TPSA) is 54.9 Å². The summed E-state index contributed by atoms with van der Waals surface area (Å²) in [7, 11) is 1.58. The molecular weight excluding hydrogens is 178 g/mol. The van der Waals surface area contributed by atoms with Crippen LogP contribution in [0.3, 0.4) is 0 Å². The van der Waals surface area contributed by atoms with Crippen molar-refractivity contribution in [2.75, 3.05) is 7.05 Å². The first-order chi connectivity index (χ1) is 6.69. The van der Waals surface area contributed by atoms with Gasteiger partial charge in [0.05, 0.1) is 11.9 Å². The molecule has 0 aliphatic rings. The molecule has 4 heteroatoms. The summed E-state index contributed by atoms with van der Waals surface area (Å²) in [6, 6.07) is 0. The Kier molecular flexibility index (Phi) is 3.56. The Morgan fingerprint density at radius 3 is 2.86 bits per heavy atom. The molecule has 1 aromatic heterocycles. The molecule has 1 atom stereocenters. The predicted octanol–water partition coefficient (Wildman–Crippen LogP) is 1.35. The minimum atomic E-state index is -0.192. The van der Waals surface area contributed by atoms with E-state index in [0.29, 0.717) is 11.6 Å². The van der Waals surface area contributed by atoms with Gasteiger partial charge in [-0.3, -0.25) is 9.78 Å². The molecule has 1 amide bonds. The average molecular weight is 193 g/mol. The van der Waals surface area contributed by atoms with Crippen LogP contribution in [0.25, 0.3) is 0 Å². The highest BCUT2D eigenvalue weighted by atomic mass is 16.1. The highest BCUT2D eigenvalue weighted by Crippen LogP contribution is 2.14. The van der Waals surface area contributed by atoms with Crippen LogP contribution in [0.2, 0.25) is 0 Å². The number of hydrogen-bond acceptors (Lipinski definition) is 3. The Hall–Kier alpha value is -1.45. The van der Waals surface area contributed by atoms with Gasteiger partial charge in [0.1, 0.15) is 5.69 Å². The quantitative estimate of drug-likeness (QED) is 0.788. The number of amides is 1. The highest BCUT2D eigenvalue weighted by molar-refractivity contribution is 5.91. The van der Waals surface area contributed by atoms with Crippen molar-refractivity contribution in [1.82, 2.24) is 15.3 Å². The molecule has 4 nitrogen and oxygen atoms in total. The summed E-state index contributed by atoms with van der Waals surface area (Å²) < 4.78 is 0. The summed E-state index contributed by atoms with van der Waals surface area (Å²) in [6.45, 7) is 4.15. The molecule has 0 saturated heterocycles. The zero-order valence-electron chi connectivity index (χ0n) is 8.74. The largest absolute Gasteiger partial charge is 0.354 e. The minimum absolute atomic E-state index is 0.192. The molecule has 0 aliphatic heterocycles. The lowest BCUT2D eigenvalue weighted by Crippen LogP contribution is -2.20. The number of aromatic nitrogens is 2. The second kappa shape index (κ2) is 4.69. The van der Waals surface area contributed by atoms with Gasteiger partial charge in [0.2, 0.25) is 0 Å². The third kappa shape index (κ3) is 2.28. The number of hydrogen-bond donors (Lipinski definition) is 1. The second-order valence-electron chi connectivity index (χ2n) is 3.22. The summed E-state index contributed by atoms with van der Waals surface area (Å²) in [5.74, 6) is 0.148. The van der Waals surface area contributed by atoms with Gasteiger partial charge in [0.15, 0.2) is 0 Å². The van der Waals surface area contributed by atoms with E-state index >= 15 is 0 Å². The first-order valence-corrected chi connectivity index (χ1v) is 4.73. The Morgan fingerprint density at radius 1 is 1.57 bits per heavy atom. The van der Waals surface area contributed by atoms with Crippen molar-refractivity contribution < 1.29 is 4.79 Å². The lowest BCUT2D eigenvalue weighted by atomic mass is 10.1. The molecule has 1 aromatic rings. The summed E-state index contributed by atoms with van der Waals surface area (Å²) in [4.78, 5) is 19.5. The number of carbonyl (C=O) groups excluding carboxylic acids is 1. The fraction of sp³-hybridized carbons (Fsp3) is 0.500. The zero-order chi connectivity index (χ0) is 10.6. The van der Waals surface area contributed by atoms with Crippen molar-refractivity contribution in [1.29, 1.82) is 0 Å². The van der Waals surface area contributed by atoms with Gasteiger partial charge in [-0.2, -0.15) is 0 Å². The van der Waals surface area contributed by atoms with Crippen LogP contribution < -0.4 is 5.32 Å². The zero-order valence-corrected chi connectivity index (χ0v) is 8.74. The number of nitrogens with zero attached hydrogens (tertiary/aromatic N) is 2. The third-order valence-electron chi connectivity index (χ3n) is 2.23. The van der Waals surface area contributed by atoms with Gasteiger partial charge in [-0.15, -0.1) is 0 Å². The van der Waals surface area contributed by atoms with Crippen molar-refractivity contribution >= 4 is 5.91 Å². The number of nitrogens with one attached hydrogen (secondary N) is 1. The fourth-order valence-corrected chi connectivity index (χ4v) is 1.07. The van der Waals surface area contributed by atoms with E-state index in [4.69, 9.17) is 0 Å². The van der Waals surface area contributed by atoms with Crippen molar-refractivity contribution in [2.45, 2.75) is 26.2 Å². The normalized spacial score (nSPS) is 12.2. The van der Waals surface area contributed by atoms with Gasteiger partial charge in [0.25, 0.3) is 5.91 Å². The maximum absolute atomic E-state index is 11.3. The summed E-state index contributed by atoms with van der Waals surface area (Å²) in [5, 5.41) is 2.52. The first-order valence-electron chi connectivity index (χ1n) is 4.73. The van der Waals surface area contributed by atoms with Gasteiger partial charge in [-0.05, 0) is 12.3 Å². The monoisotopic (exact) mass is 193 g/mol. The Bertz CT molecular complexity index is 325. The van der Waals surface area contributed by atoms with Gasteiger partial charge >= 0.3 is 0 Å². The van der Waals surface area contributed by atoms with Crippen LogP contribution in [0, 0.1) is 0 Å². The highest BCUT2D eigenvalue weighted by Gasteiger charge is 2.09. The molecule has 1 rings (SSSR count). The Morgan fingerprint density at radius 2 is 2.29 bits per heavy atom. The van der Waals surface area contributed by atoms with Gasteiger partial charge < -0.3 is 5.32 Å². The Labute approximate surface area is 83.8 Å². The van der Waals surface area contributed by atoms with Crippen molar-refractivity contribution in [3.63, 3.8) is 0 Å². The van der Waals surface area contributed by atoms with Crippen LogP contribution in [0.1, 0.15) is 42.4 Å². The van der Waals surface area contributed by atoms with Gasteiger partial charge in [-0.25, -0.2) is 4.98 Å². The lowest BCUT2D eigenvalue weighted by molar-refractivity contribution is 0.0957. The van der Waals surface area contributed by atoms with Crippen molar-refractivity contribution in [2.24, 2.45) is 0 Å². The van der Waals surface area contributed by atoms with E-state index in [0.717, 1.165) is 12.1 Å². The molecular formula is C10H15N3O. The molecule has 0 saturated carbocycles. The van der Waals surface area contributed by atoms with Crippen LogP contribution in [0.4, 0.5) is 0 Å². The maximum atomic E-state index is 11.3. The molecule has 1 unspecified atom stereocenters. The predicted molar refractivity (Wildman–Crippen MR) is 54.1 cm³/mol. The smallest absolute Gasteiger partial charge is 0.271 e. The first kappa shape index (κ1) is 10.6. The summed E-state index contributed by atoms with van der Waals surface area (Å²) >= 11 is 0. The molecule has 0 aromatic carbocycles. The van der Waals surface area contributed by atoms with E-state index in [-0.39, 0.29) is 5.91 Å². The maximum Gasteiger partial charge on any atom is 0.271 e. The second-order valence-corrected chi connectivity index (χ2v) is 3.22. The fourth-order valence-electron chi connectivity index (χ4n) is 1.07. The Balaban J connectivity index is 2.95. The van der Waals surface area contributed by atoms with E-state index in [1.807, 2.05) is 0 Å². The molecule has 14 heavy (non-hydrogen) atoms. The van der Waals surface area contributed by atoms with Gasteiger partial charge in [-0.1, -0.05) is 13.8 Å².